The summed E-state index contributed by atoms with van der Waals surface area (Å²) in [6.07, 6.45) is 5.43. The summed E-state index contributed by atoms with van der Waals surface area (Å²) in [6.45, 7) is 5.78. The van der Waals surface area contributed by atoms with Crippen molar-refractivity contribution in [2.45, 2.75) is 50.2 Å². The van der Waals surface area contributed by atoms with Crippen LogP contribution in [0.3, 0.4) is 0 Å². The van der Waals surface area contributed by atoms with Gasteiger partial charge in [0.05, 0.1) is 0 Å². The predicted molar refractivity (Wildman–Crippen MR) is 95.7 cm³/mol. The van der Waals surface area contributed by atoms with E-state index in [0.717, 1.165) is 45.3 Å². The summed E-state index contributed by atoms with van der Waals surface area (Å²) in [5, 5.41) is 0. The highest BCUT2D eigenvalue weighted by molar-refractivity contribution is 5.79. The highest BCUT2D eigenvalue weighted by Crippen LogP contribution is 2.38. The molecule has 1 amide bonds. The molecule has 130 valence electrons. The fourth-order valence-electron chi connectivity index (χ4n) is 4.93. The predicted octanol–water partition coefficient (Wildman–Crippen LogP) is 2.35. The average molecular weight is 327 g/mol. The largest absolute Gasteiger partial charge is 0.340 e. The van der Waals surface area contributed by atoms with E-state index in [4.69, 9.17) is 0 Å². The molecule has 3 aliphatic heterocycles. The van der Waals surface area contributed by atoms with Gasteiger partial charge >= 0.3 is 0 Å². The van der Waals surface area contributed by atoms with Gasteiger partial charge < -0.3 is 4.90 Å². The van der Waals surface area contributed by atoms with Crippen LogP contribution in [0.2, 0.25) is 0 Å². The van der Waals surface area contributed by atoms with Crippen LogP contribution in [-0.2, 0) is 11.3 Å². The van der Waals surface area contributed by atoms with Crippen LogP contribution in [0.5, 0.6) is 0 Å². The number of piperidine rings is 1. The smallest absolute Gasteiger partial charge is 0.222 e. The Hall–Kier alpha value is -1.39. The van der Waals surface area contributed by atoms with Gasteiger partial charge in [-0.2, -0.15) is 0 Å². The summed E-state index contributed by atoms with van der Waals surface area (Å²) < 4.78 is 0. The summed E-state index contributed by atoms with van der Waals surface area (Å²) >= 11 is 0. The molecule has 3 fully saturated rings. The summed E-state index contributed by atoms with van der Waals surface area (Å²) in [4.78, 5) is 19.2. The summed E-state index contributed by atoms with van der Waals surface area (Å²) in [5.74, 6) is 0.346. The van der Waals surface area contributed by atoms with Crippen LogP contribution in [0.4, 0.5) is 0 Å². The summed E-state index contributed by atoms with van der Waals surface area (Å²) in [7, 11) is 2.02. The first kappa shape index (κ1) is 16.1. The van der Waals surface area contributed by atoms with Crippen molar-refractivity contribution in [2.24, 2.45) is 0 Å². The molecule has 3 aliphatic rings. The number of carbonyl (C=O) groups excluding carboxylic acids is 1. The van der Waals surface area contributed by atoms with Crippen molar-refractivity contribution in [3.05, 3.63) is 35.9 Å². The highest BCUT2D eigenvalue weighted by Gasteiger charge is 2.45. The third kappa shape index (κ3) is 2.98. The quantitative estimate of drug-likeness (QED) is 0.853. The molecule has 4 heteroatoms. The van der Waals surface area contributed by atoms with E-state index in [1.165, 1.54) is 25.1 Å². The number of nitrogens with zero attached hydrogens (tertiary/aromatic N) is 3. The summed E-state index contributed by atoms with van der Waals surface area (Å²) in [6, 6.07) is 11.5. The van der Waals surface area contributed by atoms with Crippen LogP contribution in [0, 0.1) is 0 Å². The fraction of sp³-hybridized carbons (Fsp3) is 0.650. The Morgan fingerprint density at radius 2 is 1.83 bits per heavy atom. The number of hydrogen-bond acceptors (Lipinski definition) is 3. The number of amides is 1. The molecule has 24 heavy (non-hydrogen) atoms. The second-order valence-electron chi connectivity index (χ2n) is 7.88. The number of benzene rings is 1. The van der Waals surface area contributed by atoms with E-state index in [1.807, 2.05) is 7.05 Å². The maximum atomic E-state index is 11.9. The topological polar surface area (TPSA) is 26.8 Å². The van der Waals surface area contributed by atoms with Gasteiger partial charge in [-0.15, -0.1) is 0 Å². The molecular weight excluding hydrogens is 298 g/mol. The SMILES string of the molecule is CN1C(=O)CCC12CCN(C1CCN(Cc3ccccc3)C1)CC2. The van der Waals surface area contributed by atoms with E-state index in [2.05, 4.69) is 45.0 Å². The van der Waals surface area contributed by atoms with Crippen molar-refractivity contribution in [1.29, 1.82) is 0 Å². The molecule has 0 saturated carbocycles. The lowest BCUT2D eigenvalue weighted by Crippen LogP contribution is -2.54. The molecule has 1 aromatic carbocycles. The molecule has 1 spiro atoms. The van der Waals surface area contributed by atoms with Gasteiger partial charge in [-0.1, -0.05) is 30.3 Å². The third-order valence-corrected chi connectivity index (χ3v) is 6.63. The Labute approximate surface area is 145 Å². The van der Waals surface area contributed by atoms with Crippen molar-refractivity contribution >= 4 is 5.91 Å². The Bertz CT molecular complexity index is 580. The molecule has 0 aliphatic carbocycles. The Balaban J connectivity index is 1.30. The molecule has 4 nitrogen and oxygen atoms in total. The maximum Gasteiger partial charge on any atom is 0.222 e. The second-order valence-corrected chi connectivity index (χ2v) is 7.88. The van der Waals surface area contributed by atoms with Gasteiger partial charge in [0.25, 0.3) is 0 Å². The van der Waals surface area contributed by atoms with Gasteiger partial charge in [0, 0.05) is 57.8 Å². The normalized spacial score (nSPS) is 28.1. The second kappa shape index (κ2) is 6.49. The van der Waals surface area contributed by atoms with Crippen LogP contribution in [0.25, 0.3) is 0 Å². The minimum atomic E-state index is 0.177. The minimum absolute atomic E-state index is 0.177. The van der Waals surface area contributed by atoms with Gasteiger partial charge in [-0.3, -0.25) is 14.6 Å². The lowest BCUT2D eigenvalue weighted by molar-refractivity contribution is -0.130. The van der Waals surface area contributed by atoms with Crippen LogP contribution >= 0.6 is 0 Å². The van der Waals surface area contributed by atoms with E-state index >= 15 is 0 Å². The van der Waals surface area contributed by atoms with Crippen LogP contribution in [-0.4, -0.2) is 65.4 Å². The number of hydrogen-bond donors (Lipinski definition) is 0. The van der Waals surface area contributed by atoms with Gasteiger partial charge in [0.1, 0.15) is 0 Å². The lowest BCUT2D eigenvalue weighted by atomic mass is 9.84. The highest BCUT2D eigenvalue weighted by atomic mass is 16.2. The van der Waals surface area contributed by atoms with Gasteiger partial charge in [-0.05, 0) is 31.2 Å². The fourth-order valence-corrected chi connectivity index (χ4v) is 4.93. The minimum Gasteiger partial charge on any atom is -0.340 e. The first-order valence-electron chi connectivity index (χ1n) is 9.43. The molecular formula is C20H29N3O. The molecule has 1 atom stereocenters. The van der Waals surface area contributed by atoms with Crippen LogP contribution in [0.15, 0.2) is 30.3 Å². The first-order valence-corrected chi connectivity index (χ1v) is 9.43. The van der Waals surface area contributed by atoms with E-state index < -0.39 is 0 Å². The van der Waals surface area contributed by atoms with E-state index in [0.29, 0.717) is 11.9 Å². The maximum absolute atomic E-state index is 11.9. The van der Waals surface area contributed by atoms with Crippen molar-refractivity contribution in [3.8, 4) is 0 Å². The monoisotopic (exact) mass is 327 g/mol. The molecule has 0 bridgehead atoms. The van der Waals surface area contributed by atoms with Gasteiger partial charge in [-0.25, -0.2) is 0 Å². The van der Waals surface area contributed by atoms with Crippen molar-refractivity contribution < 1.29 is 4.79 Å². The van der Waals surface area contributed by atoms with Gasteiger partial charge in [0.2, 0.25) is 5.91 Å². The zero-order valence-electron chi connectivity index (χ0n) is 14.8. The van der Waals surface area contributed by atoms with Crippen molar-refractivity contribution in [2.75, 3.05) is 33.2 Å². The third-order valence-electron chi connectivity index (χ3n) is 6.63. The molecule has 0 aromatic heterocycles. The number of likely N-dealkylation sites (tertiary alicyclic amines) is 3. The number of rotatable bonds is 3. The zero-order chi connectivity index (χ0) is 16.6. The van der Waals surface area contributed by atoms with E-state index in [9.17, 15) is 4.79 Å². The Morgan fingerprint density at radius 1 is 1.08 bits per heavy atom. The van der Waals surface area contributed by atoms with Crippen LogP contribution in [0.1, 0.15) is 37.7 Å². The average Bonchev–Trinajstić information content (AvgIpc) is 3.18. The van der Waals surface area contributed by atoms with Crippen molar-refractivity contribution in [3.63, 3.8) is 0 Å². The Kier molecular flexibility index (Phi) is 4.35. The van der Waals surface area contributed by atoms with Crippen LogP contribution < -0.4 is 0 Å². The van der Waals surface area contributed by atoms with Gasteiger partial charge in [0.15, 0.2) is 0 Å². The lowest BCUT2D eigenvalue weighted by Gasteiger charge is -2.45. The molecule has 4 rings (SSSR count). The molecule has 1 aromatic rings. The molecule has 0 radical (unpaired) electrons. The summed E-state index contributed by atoms with van der Waals surface area (Å²) in [5.41, 5.74) is 1.59. The van der Waals surface area contributed by atoms with E-state index in [-0.39, 0.29) is 5.54 Å². The number of carbonyl (C=O) groups is 1. The Morgan fingerprint density at radius 3 is 2.50 bits per heavy atom. The molecule has 0 N–H and O–H groups in total. The molecule has 3 heterocycles. The zero-order valence-corrected chi connectivity index (χ0v) is 14.8. The first-order chi connectivity index (χ1) is 11.7. The standard InChI is InChI=1S/C20H29N3O/c1-21-19(24)7-9-20(21)10-13-23(14-11-20)18-8-12-22(16-18)15-17-5-3-2-4-6-17/h2-6,18H,7-16H2,1H3. The van der Waals surface area contributed by atoms with Crippen molar-refractivity contribution in [1.82, 2.24) is 14.7 Å². The van der Waals surface area contributed by atoms with E-state index in [1.54, 1.807) is 0 Å². The molecule has 1 unspecified atom stereocenters. The molecule has 3 saturated heterocycles.